The van der Waals surface area contributed by atoms with Crippen LogP contribution < -0.4 is 5.32 Å². The van der Waals surface area contributed by atoms with Gasteiger partial charge in [-0.05, 0) is 0 Å². The predicted molar refractivity (Wildman–Crippen MR) is 51.9 cm³/mol. The van der Waals surface area contributed by atoms with E-state index in [9.17, 15) is 9.59 Å². The molecule has 0 aromatic heterocycles. The predicted octanol–water partition coefficient (Wildman–Crippen LogP) is -2.06. The lowest BCUT2D eigenvalue weighted by Crippen LogP contribution is -2.40. The third kappa shape index (κ3) is 3.17. The maximum Gasteiger partial charge on any atom is 0.228 e. The van der Waals surface area contributed by atoms with Gasteiger partial charge in [0.15, 0.2) is 0 Å². The van der Waals surface area contributed by atoms with Crippen LogP contribution in [0, 0.1) is 5.92 Å². The highest BCUT2D eigenvalue weighted by molar-refractivity contribution is 5.89. The zero-order chi connectivity index (χ0) is 11.3. The standard InChI is InChI=1S/C9H16N2O4/c12-3-1-11(2-4-13)9(15)7-5-8(14)10-6-7/h7,12-13H,1-6H2,(H,10,14). The second-order valence-electron chi connectivity index (χ2n) is 3.48. The maximum absolute atomic E-state index is 11.8. The number of nitrogens with zero attached hydrogens (tertiary/aromatic N) is 1. The van der Waals surface area contributed by atoms with Gasteiger partial charge in [0.2, 0.25) is 11.8 Å². The van der Waals surface area contributed by atoms with Crippen LogP contribution in [0.5, 0.6) is 0 Å². The molecule has 1 aliphatic rings. The second kappa shape index (κ2) is 5.67. The van der Waals surface area contributed by atoms with Crippen LogP contribution in [0.15, 0.2) is 0 Å². The summed E-state index contributed by atoms with van der Waals surface area (Å²) in [7, 11) is 0. The van der Waals surface area contributed by atoms with E-state index in [0.29, 0.717) is 6.54 Å². The van der Waals surface area contributed by atoms with Crippen LogP contribution in [-0.4, -0.2) is 59.8 Å². The molecule has 0 aliphatic carbocycles. The number of aliphatic hydroxyl groups is 2. The van der Waals surface area contributed by atoms with Gasteiger partial charge in [0.25, 0.3) is 0 Å². The minimum absolute atomic E-state index is 0.124. The van der Waals surface area contributed by atoms with Crippen molar-refractivity contribution in [2.75, 3.05) is 32.8 Å². The van der Waals surface area contributed by atoms with E-state index < -0.39 is 0 Å². The van der Waals surface area contributed by atoms with Gasteiger partial charge in [-0.15, -0.1) is 0 Å². The Hall–Kier alpha value is -1.14. The average Bonchev–Trinajstić information content (AvgIpc) is 2.63. The third-order valence-corrected chi connectivity index (χ3v) is 2.38. The van der Waals surface area contributed by atoms with E-state index in [1.807, 2.05) is 0 Å². The molecule has 86 valence electrons. The molecule has 6 heteroatoms. The van der Waals surface area contributed by atoms with E-state index >= 15 is 0 Å². The summed E-state index contributed by atoms with van der Waals surface area (Å²) < 4.78 is 0. The highest BCUT2D eigenvalue weighted by Gasteiger charge is 2.30. The third-order valence-electron chi connectivity index (χ3n) is 2.38. The molecule has 1 unspecified atom stereocenters. The number of carbonyl (C=O) groups is 2. The van der Waals surface area contributed by atoms with Crippen molar-refractivity contribution in [3.63, 3.8) is 0 Å². The van der Waals surface area contributed by atoms with Gasteiger partial charge < -0.3 is 20.4 Å². The fraction of sp³-hybridized carbons (Fsp3) is 0.778. The molecule has 0 spiro atoms. The largest absolute Gasteiger partial charge is 0.395 e. The molecule has 0 aromatic rings. The SMILES string of the molecule is O=C1CC(C(=O)N(CCO)CCO)CN1. The molecule has 1 aliphatic heterocycles. The average molecular weight is 216 g/mol. The number of carbonyl (C=O) groups excluding carboxylic acids is 2. The first-order valence-electron chi connectivity index (χ1n) is 4.96. The first-order valence-corrected chi connectivity index (χ1v) is 4.96. The fourth-order valence-corrected chi connectivity index (χ4v) is 1.61. The molecular formula is C9H16N2O4. The molecule has 3 N–H and O–H groups in total. The van der Waals surface area contributed by atoms with Gasteiger partial charge >= 0.3 is 0 Å². The van der Waals surface area contributed by atoms with Crippen LogP contribution in [0.4, 0.5) is 0 Å². The van der Waals surface area contributed by atoms with Crippen molar-refractivity contribution in [2.45, 2.75) is 6.42 Å². The fourth-order valence-electron chi connectivity index (χ4n) is 1.61. The van der Waals surface area contributed by atoms with Crippen molar-refractivity contribution in [1.82, 2.24) is 10.2 Å². The normalized spacial score (nSPS) is 20.1. The molecule has 0 aromatic carbocycles. The van der Waals surface area contributed by atoms with Crippen molar-refractivity contribution >= 4 is 11.8 Å². The molecular weight excluding hydrogens is 200 g/mol. The number of aliphatic hydroxyl groups excluding tert-OH is 2. The van der Waals surface area contributed by atoms with Crippen LogP contribution in [0.3, 0.4) is 0 Å². The molecule has 15 heavy (non-hydrogen) atoms. The van der Waals surface area contributed by atoms with E-state index in [-0.39, 0.29) is 50.5 Å². The Morgan fingerprint density at radius 3 is 2.40 bits per heavy atom. The summed E-state index contributed by atoms with van der Waals surface area (Å²) in [5.41, 5.74) is 0. The molecule has 6 nitrogen and oxygen atoms in total. The van der Waals surface area contributed by atoms with Crippen molar-refractivity contribution in [2.24, 2.45) is 5.92 Å². The minimum atomic E-state index is -0.351. The first kappa shape index (κ1) is 11.9. The van der Waals surface area contributed by atoms with E-state index in [2.05, 4.69) is 5.32 Å². The van der Waals surface area contributed by atoms with E-state index in [1.165, 1.54) is 4.90 Å². The Morgan fingerprint density at radius 2 is 2.00 bits per heavy atom. The Labute approximate surface area is 87.9 Å². The molecule has 1 rings (SSSR count). The highest BCUT2D eigenvalue weighted by Crippen LogP contribution is 2.12. The molecule has 2 amide bonds. The number of nitrogens with one attached hydrogen (secondary N) is 1. The van der Waals surface area contributed by atoms with Gasteiger partial charge in [0.1, 0.15) is 0 Å². The summed E-state index contributed by atoms with van der Waals surface area (Å²) in [4.78, 5) is 24.1. The molecule has 0 radical (unpaired) electrons. The summed E-state index contributed by atoms with van der Waals surface area (Å²) in [6.07, 6.45) is 0.201. The number of hydrogen-bond donors (Lipinski definition) is 3. The molecule has 0 saturated carbocycles. The zero-order valence-electron chi connectivity index (χ0n) is 8.48. The maximum atomic E-state index is 11.8. The molecule has 1 fully saturated rings. The van der Waals surface area contributed by atoms with Crippen LogP contribution in [0.25, 0.3) is 0 Å². The second-order valence-corrected chi connectivity index (χ2v) is 3.48. The number of rotatable bonds is 5. The van der Waals surface area contributed by atoms with Crippen molar-refractivity contribution in [3.8, 4) is 0 Å². The van der Waals surface area contributed by atoms with Gasteiger partial charge in [0.05, 0.1) is 19.1 Å². The Kier molecular flexibility index (Phi) is 4.51. The van der Waals surface area contributed by atoms with Gasteiger partial charge in [0, 0.05) is 26.1 Å². The van der Waals surface area contributed by atoms with Gasteiger partial charge in [-0.1, -0.05) is 0 Å². The van der Waals surface area contributed by atoms with Crippen LogP contribution in [0.2, 0.25) is 0 Å². The number of hydrogen-bond acceptors (Lipinski definition) is 4. The topological polar surface area (TPSA) is 89.9 Å². The molecule has 1 atom stereocenters. The summed E-state index contributed by atoms with van der Waals surface area (Å²) in [6, 6.07) is 0. The quantitative estimate of drug-likeness (QED) is 0.493. The zero-order valence-corrected chi connectivity index (χ0v) is 8.48. The van der Waals surface area contributed by atoms with Crippen molar-refractivity contribution in [3.05, 3.63) is 0 Å². The van der Waals surface area contributed by atoms with E-state index in [4.69, 9.17) is 10.2 Å². The van der Waals surface area contributed by atoms with Crippen molar-refractivity contribution in [1.29, 1.82) is 0 Å². The van der Waals surface area contributed by atoms with Crippen LogP contribution in [0.1, 0.15) is 6.42 Å². The van der Waals surface area contributed by atoms with Crippen LogP contribution in [-0.2, 0) is 9.59 Å². The summed E-state index contributed by atoms with van der Waals surface area (Å²) in [5, 5.41) is 20.1. The molecule has 1 heterocycles. The van der Waals surface area contributed by atoms with E-state index in [1.54, 1.807) is 0 Å². The van der Waals surface area contributed by atoms with Crippen molar-refractivity contribution < 1.29 is 19.8 Å². The summed E-state index contributed by atoms with van der Waals surface area (Å²) >= 11 is 0. The lowest BCUT2D eigenvalue weighted by molar-refractivity contribution is -0.136. The molecule has 1 saturated heterocycles. The lowest BCUT2D eigenvalue weighted by Gasteiger charge is -2.23. The van der Waals surface area contributed by atoms with Gasteiger partial charge in [-0.25, -0.2) is 0 Å². The van der Waals surface area contributed by atoms with Gasteiger partial charge in [-0.2, -0.15) is 0 Å². The number of amides is 2. The lowest BCUT2D eigenvalue weighted by atomic mass is 10.1. The summed E-state index contributed by atoms with van der Waals surface area (Å²) in [5.74, 6) is -0.659. The Balaban J connectivity index is 2.51. The first-order chi connectivity index (χ1) is 7.19. The Morgan fingerprint density at radius 1 is 1.40 bits per heavy atom. The monoisotopic (exact) mass is 216 g/mol. The van der Waals surface area contributed by atoms with E-state index in [0.717, 1.165) is 0 Å². The highest BCUT2D eigenvalue weighted by atomic mass is 16.3. The Bertz CT molecular complexity index is 238. The van der Waals surface area contributed by atoms with Crippen LogP contribution >= 0.6 is 0 Å². The minimum Gasteiger partial charge on any atom is -0.395 e. The van der Waals surface area contributed by atoms with Gasteiger partial charge in [-0.3, -0.25) is 9.59 Å². The smallest absolute Gasteiger partial charge is 0.228 e. The summed E-state index contributed by atoms with van der Waals surface area (Å²) in [6.45, 7) is 0.471. The molecule has 0 bridgehead atoms.